The Morgan fingerprint density at radius 2 is 1.71 bits per heavy atom. The summed E-state index contributed by atoms with van der Waals surface area (Å²) in [5.74, 6) is -0.920. The van der Waals surface area contributed by atoms with Crippen LogP contribution in [0.4, 0.5) is 0 Å². The van der Waals surface area contributed by atoms with Crippen LogP contribution in [-0.2, 0) is 27.4 Å². The van der Waals surface area contributed by atoms with Crippen LogP contribution < -0.4 is 16.6 Å². The number of aryl methyl sites for hydroxylation is 1. The summed E-state index contributed by atoms with van der Waals surface area (Å²) in [6.45, 7) is 3.55. The molecule has 1 heterocycles. The fourth-order valence-corrected chi connectivity index (χ4v) is 3.49. The van der Waals surface area contributed by atoms with Gasteiger partial charge in [0.2, 0.25) is 5.91 Å². The third-order valence-electron chi connectivity index (χ3n) is 5.16. The molecular weight excluding hydrogens is 398 g/mol. The van der Waals surface area contributed by atoms with Crippen molar-refractivity contribution in [1.82, 2.24) is 14.5 Å². The molecule has 0 aliphatic carbocycles. The standard InChI is InChI=1S/C23H25N3O5/c1-4-25-22(29)17-7-5-6-8-19(17)26(23(25)30)14-20(27)24-18(13-21(28)31-3)16-11-9-15(2)10-12-16/h5-12,18H,4,13-14H2,1-3H3,(H,24,27). The molecule has 1 aromatic heterocycles. The summed E-state index contributed by atoms with van der Waals surface area (Å²) >= 11 is 0. The second-order valence-corrected chi connectivity index (χ2v) is 7.25. The largest absolute Gasteiger partial charge is 0.469 e. The molecule has 0 saturated heterocycles. The highest BCUT2D eigenvalue weighted by atomic mass is 16.5. The number of hydrogen-bond donors (Lipinski definition) is 1. The summed E-state index contributed by atoms with van der Waals surface area (Å²) in [6, 6.07) is 13.5. The maximum atomic E-state index is 12.9. The van der Waals surface area contributed by atoms with E-state index >= 15 is 0 Å². The third-order valence-corrected chi connectivity index (χ3v) is 5.16. The molecule has 8 heteroatoms. The smallest absolute Gasteiger partial charge is 0.331 e. The Morgan fingerprint density at radius 1 is 1.03 bits per heavy atom. The van der Waals surface area contributed by atoms with E-state index < -0.39 is 23.6 Å². The second-order valence-electron chi connectivity index (χ2n) is 7.25. The van der Waals surface area contributed by atoms with E-state index in [1.807, 2.05) is 31.2 Å². The lowest BCUT2D eigenvalue weighted by molar-refractivity contribution is -0.141. The number of fused-ring (bicyclic) bond motifs is 1. The topological polar surface area (TPSA) is 99.4 Å². The first-order valence-corrected chi connectivity index (χ1v) is 10.0. The van der Waals surface area contributed by atoms with E-state index in [0.717, 1.165) is 15.7 Å². The molecule has 1 N–H and O–H groups in total. The van der Waals surface area contributed by atoms with Crippen molar-refractivity contribution in [2.75, 3.05) is 7.11 Å². The molecule has 0 radical (unpaired) electrons. The number of hydrogen-bond acceptors (Lipinski definition) is 5. The van der Waals surface area contributed by atoms with Gasteiger partial charge in [0, 0.05) is 6.54 Å². The molecule has 2 aromatic carbocycles. The van der Waals surface area contributed by atoms with Crippen LogP contribution in [0.5, 0.6) is 0 Å². The van der Waals surface area contributed by atoms with Gasteiger partial charge in [-0.1, -0.05) is 42.0 Å². The average Bonchev–Trinajstić information content (AvgIpc) is 2.77. The normalized spacial score (nSPS) is 11.8. The van der Waals surface area contributed by atoms with E-state index in [2.05, 4.69) is 5.32 Å². The molecule has 0 fully saturated rings. The monoisotopic (exact) mass is 423 g/mol. The Labute approximate surface area is 179 Å². The predicted molar refractivity (Wildman–Crippen MR) is 117 cm³/mol. The number of ether oxygens (including phenoxy) is 1. The van der Waals surface area contributed by atoms with Crippen LogP contribution in [0.25, 0.3) is 10.9 Å². The van der Waals surface area contributed by atoms with Gasteiger partial charge in [-0.05, 0) is 31.5 Å². The maximum absolute atomic E-state index is 12.9. The van der Waals surface area contributed by atoms with Gasteiger partial charge in [-0.25, -0.2) is 4.79 Å². The molecule has 3 aromatic rings. The molecule has 162 valence electrons. The van der Waals surface area contributed by atoms with Crippen LogP contribution in [0.1, 0.15) is 30.5 Å². The number of rotatable bonds is 7. The van der Waals surface area contributed by atoms with Crippen molar-refractivity contribution in [3.05, 3.63) is 80.5 Å². The van der Waals surface area contributed by atoms with Crippen molar-refractivity contribution in [3.63, 3.8) is 0 Å². The number of carbonyl (C=O) groups is 2. The molecule has 0 saturated carbocycles. The van der Waals surface area contributed by atoms with E-state index in [9.17, 15) is 19.2 Å². The first-order valence-electron chi connectivity index (χ1n) is 10.0. The van der Waals surface area contributed by atoms with Crippen molar-refractivity contribution in [2.45, 2.75) is 39.4 Å². The van der Waals surface area contributed by atoms with Crippen molar-refractivity contribution in [2.24, 2.45) is 0 Å². The van der Waals surface area contributed by atoms with Gasteiger partial charge < -0.3 is 10.1 Å². The Balaban J connectivity index is 1.95. The summed E-state index contributed by atoms with van der Waals surface area (Å²) in [5, 5.41) is 3.19. The van der Waals surface area contributed by atoms with Gasteiger partial charge in [0.05, 0.1) is 30.5 Å². The Morgan fingerprint density at radius 3 is 2.35 bits per heavy atom. The number of esters is 1. The molecular formula is C23H25N3O5. The van der Waals surface area contributed by atoms with Gasteiger partial charge in [-0.15, -0.1) is 0 Å². The molecule has 0 aliphatic rings. The summed E-state index contributed by atoms with van der Waals surface area (Å²) in [4.78, 5) is 50.2. The minimum atomic E-state index is -0.611. The lowest BCUT2D eigenvalue weighted by atomic mass is 10.0. The lowest BCUT2D eigenvalue weighted by Gasteiger charge is -2.19. The lowest BCUT2D eigenvalue weighted by Crippen LogP contribution is -2.43. The number of benzene rings is 2. The molecule has 31 heavy (non-hydrogen) atoms. The molecule has 1 atom stereocenters. The van der Waals surface area contributed by atoms with Crippen LogP contribution in [0, 0.1) is 6.92 Å². The first kappa shape index (κ1) is 22.0. The van der Waals surface area contributed by atoms with Gasteiger partial charge in [-0.3, -0.25) is 23.5 Å². The SMILES string of the molecule is CCn1c(=O)c2ccccc2n(CC(=O)NC(CC(=O)OC)c2ccc(C)cc2)c1=O. The highest BCUT2D eigenvalue weighted by Crippen LogP contribution is 2.18. The summed E-state index contributed by atoms with van der Waals surface area (Å²) in [7, 11) is 1.29. The molecule has 0 spiro atoms. The highest BCUT2D eigenvalue weighted by Gasteiger charge is 2.21. The molecule has 8 nitrogen and oxygen atoms in total. The Hall–Kier alpha value is -3.68. The van der Waals surface area contributed by atoms with Crippen LogP contribution in [-0.4, -0.2) is 28.1 Å². The van der Waals surface area contributed by atoms with E-state index in [1.54, 1.807) is 31.2 Å². The molecule has 3 rings (SSSR count). The number of para-hydroxylation sites is 1. The maximum Gasteiger partial charge on any atom is 0.331 e. The van der Waals surface area contributed by atoms with Crippen molar-refractivity contribution in [3.8, 4) is 0 Å². The van der Waals surface area contributed by atoms with Crippen molar-refractivity contribution in [1.29, 1.82) is 0 Å². The minimum absolute atomic E-state index is 0.0462. The molecule has 1 unspecified atom stereocenters. The minimum Gasteiger partial charge on any atom is -0.469 e. The number of carbonyl (C=O) groups excluding carboxylic acids is 2. The van der Waals surface area contributed by atoms with Gasteiger partial charge >= 0.3 is 11.7 Å². The van der Waals surface area contributed by atoms with Crippen molar-refractivity contribution >= 4 is 22.8 Å². The van der Waals surface area contributed by atoms with Gasteiger partial charge in [0.1, 0.15) is 6.54 Å². The summed E-state index contributed by atoms with van der Waals surface area (Å²) < 4.78 is 7.14. The fraction of sp³-hybridized carbons (Fsp3) is 0.304. The van der Waals surface area contributed by atoms with Gasteiger partial charge in [-0.2, -0.15) is 0 Å². The number of nitrogens with one attached hydrogen (secondary N) is 1. The predicted octanol–water partition coefficient (Wildman–Crippen LogP) is 1.91. The second kappa shape index (κ2) is 9.42. The zero-order valence-corrected chi connectivity index (χ0v) is 17.8. The summed E-state index contributed by atoms with van der Waals surface area (Å²) in [6.07, 6.45) is -0.0462. The average molecular weight is 423 g/mol. The Kier molecular flexibility index (Phi) is 6.69. The van der Waals surface area contributed by atoms with Crippen LogP contribution in [0.15, 0.2) is 58.1 Å². The van der Waals surface area contributed by atoms with E-state index in [4.69, 9.17) is 4.74 Å². The first-order chi connectivity index (χ1) is 14.8. The van der Waals surface area contributed by atoms with E-state index in [0.29, 0.717) is 10.9 Å². The number of nitrogens with zero attached hydrogens (tertiary/aromatic N) is 2. The number of methoxy groups -OCH3 is 1. The van der Waals surface area contributed by atoms with Gasteiger partial charge in [0.15, 0.2) is 0 Å². The van der Waals surface area contributed by atoms with Crippen molar-refractivity contribution < 1.29 is 14.3 Å². The third kappa shape index (κ3) is 4.74. The van der Waals surface area contributed by atoms with E-state index in [-0.39, 0.29) is 25.1 Å². The summed E-state index contributed by atoms with van der Waals surface area (Å²) in [5.41, 5.74) is 1.24. The zero-order valence-electron chi connectivity index (χ0n) is 17.8. The quantitative estimate of drug-likeness (QED) is 0.585. The van der Waals surface area contributed by atoms with Gasteiger partial charge in [0.25, 0.3) is 5.56 Å². The number of aromatic nitrogens is 2. The van der Waals surface area contributed by atoms with Crippen LogP contribution in [0.3, 0.4) is 0 Å². The van der Waals surface area contributed by atoms with Crippen LogP contribution >= 0.6 is 0 Å². The molecule has 1 amide bonds. The number of amides is 1. The Bertz CT molecular complexity index is 1220. The van der Waals surface area contributed by atoms with E-state index in [1.165, 1.54) is 11.7 Å². The molecule has 0 bridgehead atoms. The highest BCUT2D eigenvalue weighted by molar-refractivity contribution is 5.82. The fourth-order valence-electron chi connectivity index (χ4n) is 3.49. The van der Waals surface area contributed by atoms with Crippen LogP contribution in [0.2, 0.25) is 0 Å². The molecule has 0 aliphatic heterocycles. The zero-order chi connectivity index (χ0) is 22.5.